The van der Waals surface area contributed by atoms with Gasteiger partial charge in [-0.15, -0.1) is 0 Å². The van der Waals surface area contributed by atoms with Crippen LogP contribution >= 0.6 is 0 Å². The van der Waals surface area contributed by atoms with E-state index in [0.29, 0.717) is 36.0 Å². The maximum absolute atomic E-state index is 13.0. The van der Waals surface area contributed by atoms with Crippen molar-refractivity contribution in [2.75, 3.05) is 13.2 Å². The predicted octanol–water partition coefficient (Wildman–Crippen LogP) is 4.64. The minimum Gasteiger partial charge on any atom is -0.490 e. The van der Waals surface area contributed by atoms with Gasteiger partial charge in [0, 0.05) is 0 Å². The van der Waals surface area contributed by atoms with E-state index in [1.807, 2.05) is 52.8 Å². The van der Waals surface area contributed by atoms with E-state index in [1.54, 1.807) is 24.3 Å². The molecular formula is C24H30N2O4. The lowest BCUT2D eigenvalue weighted by molar-refractivity contribution is -0.130. The summed E-state index contributed by atoms with van der Waals surface area (Å²) in [4.78, 5) is 13.0. The van der Waals surface area contributed by atoms with Crippen LogP contribution in [0.2, 0.25) is 0 Å². The molecule has 0 aliphatic rings. The van der Waals surface area contributed by atoms with Crippen molar-refractivity contribution in [3.63, 3.8) is 0 Å². The third-order valence-corrected chi connectivity index (χ3v) is 4.55. The Hall–Kier alpha value is -3.20. The first kappa shape index (κ1) is 23.1. The van der Waals surface area contributed by atoms with Crippen molar-refractivity contribution in [1.29, 1.82) is 5.26 Å². The molecule has 0 aliphatic heterocycles. The summed E-state index contributed by atoms with van der Waals surface area (Å²) in [6, 6.07) is 14.4. The molecule has 0 aromatic heterocycles. The lowest BCUT2D eigenvalue weighted by Gasteiger charge is -2.25. The summed E-state index contributed by atoms with van der Waals surface area (Å²) in [5.41, 5.74) is 1.30. The SMILES string of the molecule is CCOc1ccc(C(C)NC(=O)C(Oc2ccccc2C#N)C(C)C)cc1OCC. The van der Waals surface area contributed by atoms with E-state index in [4.69, 9.17) is 14.2 Å². The average Bonchev–Trinajstić information content (AvgIpc) is 2.73. The second-order valence-electron chi connectivity index (χ2n) is 7.19. The molecule has 0 bridgehead atoms. The second-order valence-corrected chi connectivity index (χ2v) is 7.19. The quantitative estimate of drug-likeness (QED) is 0.617. The fourth-order valence-corrected chi connectivity index (χ4v) is 3.01. The number of para-hydroxylation sites is 1. The molecule has 0 heterocycles. The van der Waals surface area contributed by atoms with Crippen molar-refractivity contribution in [2.45, 2.75) is 46.8 Å². The number of nitriles is 1. The molecule has 1 N–H and O–H groups in total. The number of carbonyl (C=O) groups excluding carboxylic acids is 1. The monoisotopic (exact) mass is 410 g/mol. The van der Waals surface area contributed by atoms with Gasteiger partial charge >= 0.3 is 0 Å². The molecule has 2 aromatic rings. The Morgan fingerprint density at radius 1 is 1.00 bits per heavy atom. The Bertz CT molecular complexity index is 889. The number of hydrogen-bond donors (Lipinski definition) is 1. The highest BCUT2D eigenvalue weighted by Gasteiger charge is 2.27. The zero-order chi connectivity index (χ0) is 22.1. The summed E-state index contributed by atoms with van der Waals surface area (Å²) in [5, 5.41) is 12.3. The van der Waals surface area contributed by atoms with E-state index in [1.165, 1.54) is 0 Å². The standard InChI is InChI=1S/C24H30N2O4/c1-6-28-21-13-12-18(14-22(21)29-7-2)17(5)26-24(27)23(16(3)4)30-20-11-9-8-10-19(20)15-25/h8-14,16-17,23H,6-7H2,1-5H3,(H,26,27). The summed E-state index contributed by atoms with van der Waals surface area (Å²) >= 11 is 0. The lowest BCUT2D eigenvalue weighted by atomic mass is 10.0. The predicted molar refractivity (Wildman–Crippen MR) is 116 cm³/mol. The fourth-order valence-electron chi connectivity index (χ4n) is 3.01. The van der Waals surface area contributed by atoms with E-state index in [-0.39, 0.29) is 17.9 Å². The zero-order valence-electron chi connectivity index (χ0n) is 18.3. The van der Waals surface area contributed by atoms with Crippen LogP contribution < -0.4 is 19.5 Å². The zero-order valence-corrected chi connectivity index (χ0v) is 18.3. The summed E-state index contributed by atoms with van der Waals surface area (Å²) in [6.45, 7) is 10.6. The van der Waals surface area contributed by atoms with Gasteiger partial charge in [-0.2, -0.15) is 5.26 Å². The van der Waals surface area contributed by atoms with Crippen molar-refractivity contribution in [2.24, 2.45) is 5.92 Å². The van der Waals surface area contributed by atoms with Gasteiger partial charge in [0.05, 0.1) is 24.8 Å². The van der Waals surface area contributed by atoms with Crippen LogP contribution in [0.1, 0.15) is 51.8 Å². The summed E-state index contributed by atoms with van der Waals surface area (Å²) in [7, 11) is 0. The summed E-state index contributed by atoms with van der Waals surface area (Å²) in [5.74, 6) is 1.41. The van der Waals surface area contributed by atoms with Crippen LogP contribution in [0.3, 0.4) is 0 Å². The van der Waals surface area contributed by atoms with Crippen LogP contribution in [0.5, 0.6) is 17.2 Å². The molecule has 1 amide bonds. The molecule has 0 fully saturated rings. The van der Waals surface area contributed by atoms with Crippen LogP contribution in [0.4, 0.5) is 0 Å². The minimum atomic E-state index is -0.726. The van der Waals surface area contributed by atoms with Gasteiger partial charge in [-0.25, -0.2) is 0 Å². The normalized spacial score (nSPS) is 12.6. The molecule has 2 aromatic carbocycles. The number of ether oxygens (including phenoxy) is 3. The number of nitrogens with zero attached hydrogens (tertiary/aromatic N) is 1. The van der Waals surface area contributed by atoms with Crippen molar-refractivity contribution in [1.82, 2.24) is 5.32 Å². The Morgan fingerprint density at radius 3 is 2.30 bits per heavy atom. The van der Waals surface area contributed by atoms with Crippen molar-refractivity contribution >= 4 is 5.91 Å². The molecule has 2 rings (SSSR count). The Morgan fingerprint density at radius 2 is 1.67 bits per heavy atom. The third kappa shape index (κ3) is 5.90. The van der Waals surface area contributed by atoms with Crippen molar-refractivity contribution < 1.29 is 19.0 Å². The fraction of sp³-hybridized carbons (Fsp3) is 0.417. The number of hydrogen-bond acceptors (Lipinski definition) is 5. The van der Waals surface area contributed by atoms with Crippen LogP contribution in [0.15, 0.2) is 42.5 Å². The highest BCUT2D eigenvalue weighted by Crippen LogP contribution is 2.31. The van der Waals surface area contributed by atoms with E-state index in [2.05, 4.69) is 11.4 Å². The number of nitrogens with one attached hydrogen (secondary N) is 1. The molecule has 6 heteroatoms. The summed E-state index contributed by atoms with van der Waals surface area (Å²) in [6.07, 6.45) is -0.726. The van der Waals surface area contributed by atoms with E-state index < -0.39 is 6.10 Å². The van der Waals surface area contributed by atoms with E-state index in [0.717, 1.165) is 5.56 Å². The highest BCUT2D eigenvalue weighted by atomic mass is 16.5. The molecular weight excluding hydrogens is 380 g/mol. The van der Waals surface area contributed by atoms with Gasteiger partial charge < -0.3 is 19.5 Å². The number of benzene rings is 2. The average molecular weight is 411 g/mol. The van der Waals surface area contributed by atoms with Crippen LogP contribution in [-0.2, 0) is 4.79 Å². The molecule has 0 spiro atoms. The molecule has 0 saturated heterocycles. The van der Waals surface area contributed by atoms with E-state index in [9.17, 15) is 10.1 Å². The topological polar surface area (TPSA) is 80.6 Å². The van der Waals surface area contributed by atoms with Gasteiger partial charge in [-0.3, -0.25) is 4.79 Å². The second kappa shape index (κ2) is 11.1. The summed E-state index contributed by atoms with van der Waals surface area (Å²) < 4.78 is 17.2. The van der Waals surface area contributed by atoms with E-state index >= 15 is 0 Å². The highest BCUT2D eigenvalue weighted by molar-refractivity contribution is 5.82. The maximum Gasteiger partial charge on any atom is 0.261 e. The first-order valence-corrected chi connectivity index (χ1v) is 10.3. The minimum absolute atomic E-state index is 0.0803. The Kier molecular flexibility index (Phi) is 8.54. The lowest BCUT2D eigenvalue weighted by Crippen LogP contribution is -2.42. The van der Waals surface area contributed by atoms with Crippen LogP contribution in [0.25, 0.3) is 0 Å². The first-order chi connectivity index (χ1) is 14.4. The number of amides is 1. The van der Waals surface area contributed by atoms with Crippen LogP contribution in [0, 0.1) is 17.2 Å². The van der Waals surface area contributed by atoms with Gasteiger partial charge in [-0.05, 0) is 56.5 Å². The molecule has 30 heavy (non-hydrogen) atoms. The largest absolute Gasteiger partial charge is 0.490 e. The molecule has 2 atom stereocenters. The molecule has 160 valence electrons. The van der Waals surface area contributed by atoms with Gasteiger partial charge in [0.2, 0.25) is 0 Å². The van der Waals surface area contributed by atoms with Gasteiger partial charge in [0.25, 0.3) is 5.91 Å². The maximum atomic E-state index is 13.0. The number of rotatable bonds is 10. The smallest absolute Gasteiger partial charge is 0.261 e. The van der Waals surface area contributed by atoms with Gasteiger partial charge in [0.15, 0.2) is 17.6 Å². The molecule has 0 aliphatic carbocycles. The van der Waals surface area contributed by atoms with Gasteiger partial charge in [-0.1, -0.05) is 32.0 Å². The van der Waals surface area contributed by atoms with Crippen LogP contribution in [-0.4, -0.2) is 25.2 Å². The van der Waals surface area contributed by atoms with Gasteiger partial charge in [0.1, 0.15) is 11.8 Å². The molecule has 0 radical (unpaired) electrons. The number of carbonyl (C=O) groups is 1. The third-order valence-electron chi connectivity index (χ3n) is 4.55. The molecule has 6 nitrogen and oxygen atoms in total. The molecule has 2 unspecified atom stereocenters. The van der Waals surface area contributed by atoms with Crippen molar-refractivity contribution in [3.8, 4) is 23.3 Å². The Labute approximate surface area is 178 Å². The molecule has 0 saturated carbocycles. The van der Waals surface area contributed by atoms with Crippen molar-refractivity contribution in [3.05, 3.63) is 53.6 Å². The first-order valence-electron chi connectivity index (χ1n) is 10.3. The Balaban J connectivity index is 2.17.